The molecule has 12 heavy (non-hydrogen) atoms. The highest BCUT2D eigenvalue weighted by atomic mass is 32.2. The first-order valence-corrected chi connectivity index (χ1v) is 4.71. The Labute approximate surface area is 75.8 Å². The van der Waals surface area contributed by atoms with Crippen LogP contribution >= 0.6 is 11.8 Å². The summed E-state index contributed by atoms with van der Waals surface area (Å²) in [6.45, 7) is 2.09. The van der Waals surface area contributed by atoms with Crippen LogP contribution in [0.1, 0.15) is 18.9 Å². The highest BCUT2D eigenvalue weighted by molar-refractivity contribution is 7.99. The largest absolute Gasteiger partial charge is 0.192 e. The molecule has 0 saturated heterocycles. The first-order valence-electron chi connectivity index (χ1n) is 3.73. The number of nitrogens with zero attached hydrogens (tertiary/aromatic N) is 3. The Bertz CT molecular complexity index is 293. The molecule has 0 aliphatic carbocycles. The molecule has 4 heteroatoms. The predicted molar refractivity (Wildman–Crippen MR) is 47.8 cm³/mol. The molecule has 62 valence electrons. The van der Waals surface area contributed by atoms with E-state index < -0.39 is 0 Å². The van der Waals surface area contributed by atoms with Crippen LogP contribution in [-0.2, 0) is 0 Å². The summed E-state index contributed by atoms with van der Waals surface area (Å²) in [7, 11) is 0. The van der Waals surface area contributed by atoms with Crippen molar-refractivity contribution in [2.75, 3.05) is 5.75 Å². The first-order chi connectivity index (χ1) is 5.88. The van der Waals surface area contributed by atoms with Crippen LogP contribution in [-0.4, -0.2) is 16.0 Å². The average molecular weight is 179 g/mol. The van der Waals surface area contributed by atoms with Crippen LogP contribution in [0.25, 0.3) is 0 Å². The van der Waals surface area contributed by atoms with Gasteiger partial charge >= 0.3 is 0 Å². The topological polar surface area (TPSA) is 49.6 Å². The molecule has 1 aromatic heterocycles. The molecule has 1 aromatic rings. The Morgan fingerprint density at radius 3 is 3.17 bits per heavy atom. The van der Waals surface area contributed by atoms with Crippen LogP contribution in [0.15, 0.2) is 17.3 Å². The minimum absolute atomic E-state index is 0.614. The van der Waals surface area contributed by atoms with E-state index in [4.69, 9.17) is 5.26 Å². The summed E-state index contributed by atoms with van der Waals surface area (Å²) in [5, 5.41) is 17.0. The van der Waals surface area contributed by atoms with E-state index in [-0.39, 0.29) is 0 Å². The fourth-order valence-corrected chi connectivity index (χ4v) is 1.48. The van der Waals surface area contributed by atoms with E-state index >= 15 is 0 Å². The molecule has 0 N–H and O–H groups in total. The zero-order valence-electron chi connectivity index (χ0n) is 6.82. The van der Waals surface area contributed by atoms with Crippen molar-refractivity contribution >= 4 is 11.8 Å². The molecular weight excluding hydrogens is 170 g/mol. The highest BCUT2D eigenvalue weighted by Gasteiger charge is 2.01. The molecular formula is C8H9N3S. The lowest BCUT2D eigenvalue weighted by molar-refractivity contribution is 0.917. The molecule has 1 heterocycles. The number of thioether (sulfide) groups is 1. The molecule has 0 aliphatic heterocycles. The van der Waals surface area contributed by atoms with Crippen molar-refractivity contribution in [2.45, 2.75) is 18.4 Å². The minimum Gasteiger partial charge on any atom is -0.192 e. The maximum absolute atomic E-state index is 8.69. The normalized spacial score (nSPS) is 9.33. The standard InChI is InChI=1S/C8H9N3S/c1-2-5-12-8-7(6-9)3-4-10-11-8/h3-4H,2,5H2,1H3. The van der Waals surface area contributed by atoms with Crippen molar-refractivity contribution in [1.29, 1.82) is 5.26 Å². The maximum Gasteiger partial charge on any atom is 0.137 e. The van der Waals surface area contributed by atoms with Gasteiger partial charge in [0.2, 0.25) is 0 Å². The van der Waals surface area contributed by atoms with Crippen molar-refractivity contribution in [3.05, 3.63) is 17.8 Å². The van der Waals surface area contributed by atoms with E-state index in [0.717, 1.165) is 17.2 Å². The van der Waals surface area contributed by atoms with Gasteiger partial charge < -0.3 is 0 Å². The van der Waals surface area contributed by atoms with Gasteiger partial charge in [-0.2, -0.15) is 10.4 Å². The third kappa shape index (κ3) is 2.21. The molecule has 0 unspecified atom stereocenters. The summed E-state index contributed by atoms with van der Waals surface area (Å²) in [6.07, 6.45) is 2.61. The number of nitriles is 1. The predicted octanol–water partition coefficient (Wildman–Crippen LogP) is 1.85. The Balaban J connectivity index is 2.77. The summed E-state index contributed by atoms with van der Waals surface area (Å²) < 4.78 is 0. The molecule has 0 amide bonds. The second-order valence-electron chi connectivity index (χ2n) is 2.21. The van der Waals surface area contributed by atoms with Crippen molar-refractivity contribution in [3.8, 4) is 6.07 Å². The Morgan fingerprint density at radius 1 is 1.67 bits per heavy atom. The van der Waals surface area contributed by atoms with Gasteiger partial charge in [-0.05, 0) is 18.2 Å². The SMILES string of the molecule is CCCSc1nnccc1C#N. The number of aromatic nitrogens is 2. The van der Waals surface area contributed by atoms with Crippen LogP contribution < -0.4 is 0 Å². The molecule has 0 aromatic carbocycles. The summed E-state index contributed by atoms with van der Waals surface area (Å²) in [6, 6.07) is 3.77. The summed E-state index contributed by atoms with van der Waals surface area (Å²) in [4.78, 5) is 0. The molecule has 1 rings (SSSR count). The van der Waals surface area contributed by atoms with E-state index in [2.05, 4.69) is 23.2 Å². The Hall–Kier alpha value is -1.08. The van der Waals surface area contributed by atoms with E-state index in [0.29, 0.717) is 5.56 Å². The highest BCUT2D eigenvalue weighted by Crippen LogP contribution is 2.18. The summed E-state index contributed by atoms with van der Waals surface area (Å²) >= 11 is 1.58. The molecule has 0 saturated carbocycles. The smallest absolute Gasteiger partial charge is 0.137 e. The van der Waals surface area contributed by atoms with Crippen molar-refractivity contribution < 1.29 is 0 Å². The molecule has 0 spiro atoms. The van der Waals surface area contributed by atoms with Crippen molar-refractivity contribution in [3.63, 3.8) is 0 Å². The molecule has 3 nitrogen and oxygen atoms in total. The zero-order valence-corrected chi connectivity index (χ0v) is 7.64. The van der Waals surface area contributed by atoms with Gasteiger partial charge in [-0.1, -0.05) is 6.92 Å². The summed E-state index contributed by atoms with van der Waals surface area (Å²) in [5.41, 5.74) is 0.614. The molecule has 0 fully saturated rings. The fraction of sp³-hybridized carbons (Fsp3) is 0.375. The van der Waals surface area contributed by atoms with Crippen LogP contribution in [0.5, 0.6) is 0 Å². The third-order valence-electron chi connectivity index (χ3n) is 1.25. The lowest BCUT2D eigenvalue weighted by atomic mass is 10.3. The van der Waals surface area contributed by atoms with Gasteiger partial charge in [-0.3, -0.25) is 0 Å². The second-order valence-corrected chi connectivity index (χ2v) is 3.29. The van der Waals surface area contributed by atoms with E-state index in [9.17, 15) is 0 Å². The van der Waals surface area contributed by atoms with Crippen LogP contribution in [0.2, 0.25) is 0 Å². The van der Waals surface area contributed by atoms with Gasteiger partial charge in [0, 0.05) is 0 Å². The van der Waals surface area contributed by atoms with Crippen LogP contribution in [0.4, 0.5) is 0 Å². The maximum atomic E-state index is 8.69. The van der Waals surface area contributed by atoms with Crippen molar-refractivity contribution in [2.24, 2.45) is 0 Å². The van der Waals surface area contributed by atoms with E-state index in [1.54, 1.807) is 17.8 Å². The van der Waals surface area contributed by atoms with Gasteiger partial charge in [0.15, 0.2) is 0 Å². The van der Waals surface area contributed by atoms with Gasteiger partial charge in [-0.15, -0.1) is 16.9 Å². The van der Waals surface area contributed by atoms with E-state index in [1.165, 1.54) is 6.20 Å². The van der Waals surface area contributed by atoms with Crippen LogP contribution in [0, 0.1) is 11.3 Å². The molecule has 0 radical (unpaired) electrons. The minimum atomic E-state index is 0.614. The first kappa shape index (κ1) is 9.01. The van der Waals surface area contributed by atoms with Gasteiger partial charge in [0.05, 0.1) is 11.8 Å². The fourth-order valence-electron chi connectivity index (χ4n) is 0.709. The number of rotatable bonds is 3. The number of hydrogen-bond donors (Lipinski definition) is 0. The zero-order chi connectivity index (χ0) is 8.81. The molecule has 0 bridgehead atoms. The van der Waals surface area contributed by atoms with Gasteiger partial charge in [-0.25, -0.2) is 0 Å². The van der Waals surface area contributed by atoms with Crippen molar-refractivity contribution in [1.82, 2.24) is 10.2 Å². The average Bonchev–Trinajstić information content (AvgIpc) is 2.15. The monoisotopic (exact) mass is 179 g/mol. The van der Waals surface area contributed by atoms with Gasteiger partial charge in [0.1, 0.15) is 11.1 Å². The quantitative estimate of drug-likeness (QED) is 0.664. The van der Waals surface area contributed by atoms with E-state index in [1.807, 2.05) is 0 Å². The lowest BCUT2D eigenvalue weighted by Gasteiger charge is -1.97. The third-order valence-corrected chi connectivity index (χ3v) is 2.44. The second kappa shape index (κ2) is 4.73. The lowest BCUT2D eigenvalue weighted by Crippen LogP contribution is -1.89. The molecule has 0 aliphatic rings. The Kier molecular flexibility index (Phi) is 3.55. The van der Waals surface area contributed by atoms with Gasteiger partial charge in [0.25, 0.3) is 0 Å². The Morgan fingerprint density at radius 2 is 2.50 bits per heavy atom. The summed E-state index contributed by atoms with van der Waals surface area (Å²) in [5.74, 6) is 0.980. The number of hydrogen-bond acceptors (Lipinski definition) is 4. The molecule has 0 atom stereocenters. The van der Waals surface area contributed by atoms with Crippen LogP contribution in [0.3, 0.4) is 0 Å².